The second-order valence-electron chi connectivity index (χ2n) is 5.58. The zero-order valence-electron chi connectivity index (χ0n) is 10.4. The topological polar surface area (TPSA) is 63.3 Å². The number of hydrogen-bond acceptors (Lipinski definition) is 2. The van der Waals surface area contributed by atoms with Crippen LogP contribution in [0.15, 0.2) is 0 Å². The van der Waals surface area contributed by atoms with Crippen molar-refractivity contribution in [2.45, 2.75) is 59.4 Å². The van der Waals surface area contributed by atoms with E-state index in [1.165, 1.54) is 25.7 Å². The first kappa shape index (κ1) is 14.4. The molecule has 0 saturated heterocycles. The molecule has 0 unspecified atom stereocenters. The van der Waals surface area contributed by atoms with Crippen molar-refractivity contribution in [3.05, 3.63) is 0 Å². The van der Waals surface area contributed by atoms with Gasteiger partial charge in [0.1, 0.15) is 0 Å². The molecular weight excluding hydrogens is 190 g/mol. The van der Waals surface area contributed by atoms with Crippen LogP contribution < -0.4 is 5.73 Å². The van der Waals surface area contributed by atoms with Gasteiger partial charge in [-0.25, -0.2) is 0 Å². The van der Waals surface area contributed by atoms with Gasteiger partial charge in [-0.1, -0.05) is 6.92 Å². The van der Waals surface area contributed by atoms with Crippen LogP contribution in [0.3, 0.4) is 0 Å². The highest BCUT2D eigenvalue weighted by Crippen LogP contribution is 2.21. The summed E-state index contributed by atoms with van der Waals surface area (Å²) in [6.45, 7) is 7.30. The fourth-order valence-electron chi connectivity index (χ4n) is 1.29. The summed E-state index contributed by atoms with van der Waals surface area (Å²) in [4.78, 5) is 10.0. The van der Waals surface area contributed by atoms with E-state index < -0.39 is 11.4 Å². The number of carboxylic acids is 1. The molecule has 0 heterocycles. The van der Waals surface area contributed by atoms with Crippen LogP contribution in [0, 0.1) is 11.3 Å². The molecule has 1 fully saturated rings. The Morgan fingerprint density at radius 1 is 1.20 bits per heavy atom. The summed E-state index contributed by atoms with van der Waals surface area (Å²) >= 11 is 0. The highest BCUT2D eigenvalue weighted by Gasteiger charge is 2.18. The van der Waals surface area contributed by atoms with Crippen molar-refractivity contribution in [3.63, 3.8) is 0 Å². The molecule has 3 heteroatoms. The van der Waals surface area contributed by atoms with Crippen molar-refractivity contribution >= 4 is 5.97 Å². The predicted octanol–water partition coefficient (Wildman–Crippen LogP) is 2.64. The van der Waals surface area contributed by atoms with Gasteiger partial charge >= 0.3 is 5.97 Å². The molecule has 0 radical (unpaired) electrons. The monoisotopic (exact) mass is 215 g/mol. The van der Waals surface area contributed by atoms with Gasteiger partial charge in [0, 0.05) is 6.04 Å². The minimum atomic E-state index is -0.757. The average molecular weight is 215 g/mol. The van der Waals surface area contributed by atoms with Crippen molar-refractivity contribution in [2.24, 2.45) is 17.1 Å². The van der Waals surface area contributed by atoms with E-state index in [-0.39, 0.29) is 0 Å². The Morgan fingerprint density at radius 3 is 1.73 bits per heavy atom. The summed E-state index contributed by atoms with van der Waals surface area (Å²) < 4.78 is 0. The molecule has 0 atom stereocenters. The minimum absolute atomic E-state index is 0.520. The first-order chi connectivity index (χ1) is 6.73. The molecule has 1 aliphatic rings. The zero-order chi connectivity index (χ0) is 12.1. The van der Waals surface area contributed by atoms with E-state index in [2.05, 4.69) is 6.92 Å². The lowest BCUT2D eigenvalue weighted by Crippen LogP contribution is -2.25. The number of nitrogens with two attached hydrogens (primary N) is 1. The van der Waals surface area contributed by atoms with Gasteiger partial charge in [-0.05, 0) is 52.4 Å². The van der Waals surface area contributed by atoms with E-state index in [4.69, 9.17) is 10.8 Å². The highest BCUT2D eigenvalue weighted by molar-refractivity contribution is 5.72. The quantitative estimate of drug-likeness (QED) is 0.653. The van der Waals surface area contributed by atoms with E-state index >= 15 is 0 Å². The summed E-state index contributed by atoms with van der Waals surface area (Å²) in [5, 5.41) is 8.25. The summed E-state index contributed by atoms with van der Waals surface area (Å²) in [6, 6.07) is 0.520. The van der Waals surface area contributed by atoms with Gasteiger partial charge < -0.3 is 10.8 Å². The van der Waals surface area contributed by atoms with Gasteiger partial charge in [-0.3, -0.25) is 4.79 Å². The molecule has 1 saturated carbocycles. The standard InChI is InChI=1S/C7H15N.C5H10O2/c1-6-2-4-7(8)5-3-6;1-5(2,3)4(6)7/h6-7H,2-5,8H2,1H3;1-3H3,(H,6,7)/t6-,7-;. The number of hydrogen-bond donors (Lipinski definition) is 2. The van der Waals surface area contributed by atoms with Crippen molar-refractivity contribution in [1.82, 2.24) is 0 Å². The van der Waals surface area contributed by atoms with Crippen molar-refractivity contribution < 1.29 is 9.90 Å². The largest absolute Gasteiger partial charge is 0.481 e. The third kappa shape index (κ3) is 7.37. The molecule has 0 aromatic carbocycles. The Kier molecular flexibility index (Phi) is 5.88. The first-order valence-electron chi connectivity index (χ1n) is 5.72. The average Bonchev–Trinajstić information content (AvgIpc) is 2.09. The second kappa shape index (κ2) is 6.11. The summed E-state index contributed by atoms with van der Waals surface area (Å²) in [6.07, 6.45) is 5.20. The fourth-order valence-corrected chi connectivity index (χ4v) is 1.29. The maximum absolute atomic E-state index is 10.0. The van der Waals surface area contributed by atoms with Gasteiger partial charge in [0.05, 0.1) is 5.41 Å². The van der Waals surface area contributed by atoms with Gasteiger partial charge in [0.25, 0.3) is 0 Å². The predicted molar refractivity (Wildman–Crippen MR) is 62.7 cm³/mol. The van der Waals surface area contributed by atoms with Crippen molar-refractivity contribution in [3.8, 4) is 0 Å². The van der Waals surface area contributed by atoms with Crippen LogP contribution in [0.4, 0.5) is 0 Å². The van der Waals surface area contributed by atoms with E-state index in [9.17, 15) is 4.79 Å². The fraction of sp³-hybridized carbons (Fsp3) is 0.917. The van der Waals surface area contributed by atoms with E-state index in [1.807, 2.05) is 0 Å². The molecule has 90 valence electrons. The van der Waals surface area contributed by atoms with E-state index in [0.29, 0.717) is 6.04 Å². The Morgan fingerprint density at radius 2 is 1.53 bits per heavy atom. The van der Waals surface area contributed by atoms with Crippen LogP contribution in [0.2, 0.25) is 0 Å². The summed E-state index contributed by atoms with van der Waals surface area (Å²) in [7, 11) is 0. The van der Waals surface area contributed by atoms with Crippen molar-refractivity contribution in [1.29, 1.82) is 0 Å². The number of carbonyl (C=O) groups is 1. The van der Waals surface area contributed by atoms with Gasteiger partial charge in [-0.15, -0.1) is 0 Å². The smallest absolute Gasteiger partial charge is 0.308 e. The third-order valence-electron chi connectivity index (χ3n) is 2.70. The molecule has 0 aromatic rings. The van der Waals surface area contributed by atoms with Crippen LogP contribution in [0.25, 0.3) is 0 Å². The maximum Gasteiger partial charge on any atom is 0.308 e. The van der Waals surface area contributed by atoms with Crippen LogP contribution >= 0.6 is 0 Å². The summed E-state index contributed by atoms with van der Waals surface area (Å²) in [5.41, 5.74) is 5.11. The molecule has 0 amide bonds. The molecule has 0 spiro atoms. The second-order valence-corrected chi connectivity index (χ2v) is 5.58. The Balaban J connectivity index is 0.000000265. The Hall–Kier alpha value is -0.570. The molecule has 15 heavy (non-hydrogen) atoms. The highest BCUT2D eigenvalue weighted by atomic mass is 16.4. The SMILES string of the molecule is CC(C)(C)C(=O)O.C[C@H]1CC[C@H](N)CC1. The Bertz CT molecular complexity index is 178. The van der Waals surface area contributed by atoms with Crippen molar-refractivity contribution in [2.75, 3.05) is 0 Å². The lowest BCUT2D eigenvalue weighted by Gasteiger charge is -2.22. The molecule has 1 rings (SSSR count). The molecular formula is C12H25NO2. The number of carboxylic acid groups (broad SMARTS) is 1. The zero-order valence-corrected chi connectivity index (χ0v) is 10.4. The van der Waals surface area contributed by atoms with E-state index in [1.54, 1.807) is 20.8 Å². The summed E-state index contributed by atoms with van der Waals surface area (Å²) in [5.74, 6) is 0.183. The third-order valence-corrected chi connectivity index (χ3v) is 2.70. The lowest BCUT2D eigenvalue weighted by molar-refractivity contribution is -0.145. The van der Waals surface area contributed by atoms with Crippen LogP contribution in [-0.4, -0.2) is 17.1 Å². The van der Waals surface area contributed by atoms with Crippen LogP contribution in [0.5, 0.6) is 0 Å². The molecule has 0 bridgehead atoms. The molecule has 0 aromatic heterocycles. The normalized spacial score (nSPS) is 26.5. The van der Waals surface area contributed by atoms with E-state index in [0.717, 1.165) is 5.92 Å². The van der Waals surface area contributed by atoms with Gasteiger partial charge in [0.2, 0.25) is 0 Å². The Labute approximate surface area is 93.0 Å². The van der Waals surface area contributed by atoms with Crippen LogP contribution in [-0.2, 0) is 4.79 Å². The molecule has 3 nitrogen and oxygen atoms in total. The minimum Gasteiger partial charge on any atom is -0.481 e. The number of aliphatic carboxylic acids is 1. The molecule has 0 aliphatic heterocycles. The molecule has 3 N–H and O–H groups in total. The van der Waals surface area contributed by atoms with Gasteiger partial charge in [-0.2, -0.15) is 0 Å². The molecule has 1 aliphatic carbocycles. The van der Waals surface area contributed by atoms with Crippen LogP contribution in [0.1, 0.15) is 53.4 Å². The lowest BCUT2D eigenvalue weighted by atomic mass is 9.88. The number of rotatable bonds is 0. The first-order valence-corrected chi connectivity index (χ1v) is 5.72. The van der Waals surface area contributed by atoms with Gasteiger partial charge in [0.15, 0.2) is 0 Å². The maximum atomic E-state index is 10.0.